The molecular formula is C20H18ClF5N6O3. The standard InChI is InChI=1S/C20H18ClF5N6O3/c1-8-10(16(33)27-9-4-11(22)13(24)12(23)5-9)2-3-32(8)18(35)17(34)28-19(6-20(25,26)7-19)14-15(21)30-31-29-14/h4-5,8,10H,2-3,6-7H2,1H3,(H,27,33)(H,28,34)(H,29,30,31)/t8-,10+/m0/s1. The Kier molecular flexibility index (Phi) is 6.19. The van der Waals surface area contributed by atoms with E-state index < -0.39 is 71.4 Å². The molecule has 2 aliphatic rings. The number of hydrogen-bond acceptors (Lipinski definition) is 5. The van der Waals surface area contributed by atoms with Gasteiger partial charge < -0.3 is 15.5 Å². The Bertz CT molecular complexity index is 1180. The van der Waals surface area contributed by atoms with E-state index in [9.17, 15) is 36.3 Å². The minimum atomic E-state index is -3.11. The maximum absolute atomic E-state index is 13.7. The third kappa shape index (κ3) is 4.54. The van der Waals surface area contributed by atoms with Crippen molar-refractivity contribution < 1.29 is 36.3 Å². The molecule has 0 bridgehead atoms. The summed E-state index contributed by atoms with van der Waals surface area (Å²) in [5, 5.41) is 13.8. The first-order valence-electron chi connectivity index (χ1n) is 10.4. The number of alkyl halides is 2. The average molecular weight is 521 g/mol. The molecule has 1 aromatic heterocycles. The van der Waals surface area contributed by atoms with E-state index in [-0.39, 0.29) is 29.5 Å². The van der Waals surface area contributed by atoms with Gasteiger partial charge in [-0.3, -0.25) is 14.4 Å². The monoisotopic (exact) mass is 520 g/mol. The number of aromatic amines is 1. The van der Waals surface area contributed by atoms with Crippen LogP contribution in [-0.4, -0.2) is 56.5 Å². The molecule has 2 fully saturated rings. The predicted molar refractivity (Wildman–Crippen MR) is 110 cm³/mol. The number of hydrogen-bond donors (Lipinski definition) is 3. The van der Waals surface area contributed by atoms with Crippen molar-refractivity contribution in [1.29, 1.82) is 0 Å². The van der Waals surface area contributed by atoms with Crippen LogP contribution in [0.5, 0.6) is 0 Å². The van der Waals surface area contributed by atoms with Gasteiger partial charge in [0.1, 0.15) is 5.69 Å². The summed E-state index contributed by atoms with van der Waals surface area (Å²) in [6, 6.07) is 0.391. The largest absolute Gasteiger partial charge is 0.336 e. The van der Waals surface area contributed by atoms with E-state index in [2.05, 4.69) is 26.0 Å². The number of carbonyl (C=O) groups is 3. The molecular weight excluding hydrogens is 503 g/mol. The van der Waals surface area contributed by atoms with E-state index in [0.29, 0.717) is 12.1 Å². The van der Waals surface area contributed by atoms with Crippen LogP contribution in [0.3, 0.4) is 0 Å². The topological polar surface area (TPSA) is 120 Å². The third-order valence-electron chi connectivity index (χ3n) is 6.23. The first kappa shape index (κ1) is 24.8. The molecule has 35 heavy (non-hydrogen) atoms. The molecule has 1 aliphatic carbocycles. The molecule has 2 aromatic rings. The molecule has 2 heterocycles. The van der Waals surface area contributed by atoms with E-state index in [0.717, 1.165) is 4.90 Å². The van der Waals surface area contributed by atoms with E-state index in [1.807, 2.05) is 0 Å². The average Bonchev–Trinajstić information content (AvgIpc) is 3.35. The highest BCUT2D eigenvalue weighted by atomic mass is 35.5. The molecule has 1 aliphatic heterocycles. The number of benzene rings is 1. The molecule has 4 rings (SSSR count). The van der Waals surface area contributed by atoms with Crippen LogP contribution in [0.2, 0.25) is 5.15 Å². The van der Waals surface area contributed by atoms with Crippen molar-refractivity contribution in [1.82, 2.24) is 25.6 Å². The van der Waals surface area contributed by atoms with Crippen LogP contribution in [0.15, 0.2) is 12.1 Å². The smallest absolute Gasteiger partial charge is 0.312 e. The second kappa shape index (κ2) is 8.73. The molecule has 3 N–H and O–H groups in total. The zero-order valence-electron chi connectivity index (χ0n) is 18.0. The van der Waals surface area contributed by atoms with Crippen LogP contribution >= 0.6 is 11.6 Å². The summed E-state index contributed by atoms with van der Waals surface area (Å²) in [5.41, 5.74) is -2.15. The summed E-state index contributed by atoms with van der Waals surface area (Å²) >= 11 is 5.88. The number of amides is 3. The molecule has 0 spiro atoms. The fraction of sp³-hybridized carbons (Fsp3) is 0.450. The van der Waals surface area contributed by atoms with Gasteiger partial charge in [0, 0.05) is 43.2 Å². The molecule has 1 aromatic carbocycles. The third-order valence-corrected chi connectivity index (χ3v) is 6.49. The van der Waals surface area contributed by atoms with Gasteiger partial charge in [-0.15, -0.1) is 5.10 Å². The first-order valence-corrected chi connectivity index (χ1v) is 10.7. The number of rotatable bonds is 4. The van der Waals surface area contributed by atoms with E-state index in [4.69, 9.17) is 11.6 Å². The van der Waals surface area contributed by atoms with E-state index >= 15 is 0 Å². The van der Waals surface area contributed by atoms with Gasteiger partial charge in [-0.05, 0) is 13.3 Å². The molecule has 3 amide bonds. The van der Waals surface area contributed by atoms with Crippen molar-refractivity contribution in [2.45, 2.75) is 43.7 Å². The summed E-state index contributed by atoms with van der Waals surface area (Å²) in [5.74, 6) is -11.6. The Labute approximate surface area is 199 Å². The SMILES string of the molecule is C[C@H]1[C@H](C(=O)Nc2cc(F)c(F)c(F)c2)CCN1C(=O)C(=O)NC1(c2n[nH]nc2Cl)CC(F)(F)C1. The van der Waals surface area contributed by atoms with Crippen molar-refractivity contribution in [3.8, 4) is 0 Å². The van der Waals surface area contributed by atoms with Crippen LogP contribution in [0.4, 0.5) is 27.6 Å². The summed E-state index contributed by atoms with van der Waals surface area (Å²) < 4.78 is 67.4. The minimum Gasteiger partial charge on any atom is -0.336 e. The number of carbonyl (C=O) groups excluding carboxylic acids is 3. The van der Waals surface area contributed by atoms with Crippen molar-refractivity contribution in [2.24, 2.45) is 5.92 Å². The summed E-state index contributed by atoms with van der Waals surface area (Å²) in [7, 11) is 0. The summed E-state index contributed by atoms with van der Waals surface area (Å²) in [6.07, 6.45) is -1.57. The Hall–Kier alpha value is -3.29. The fourth-order valence-corrected chi connectivity index (χ4v) is 4.77. The molecule has 0 unspecified atom stereocenters. The molecule has 1 saturated heterocycles. The predicted octanol–water partition coefficient (Wildman–Crippen LogP) is 2.49. The van der Waals surface area contributed by atoms with Crippen molar-refractivity contribution >= 4 is 35.0 Å². The second-order valence-electron chi connectivity index (χ2n) is 8.59. The molecule has 188 valence electrons. The maximum atomic E-state index is 13.7. The van der Waals surface area contributed by atoms with Gasteiger partial charge >= 0.3 is 11.8 Å². The number of nitrogens with one attached hydrogen (secondary N) is 3. The van der Waals surface area contributed by atoms with Crippen LogP contribution < -0.4 is 10.6 Å². The summed E-state index contributed by atoms with van der Waals surface area (Å²) in [6.45, 7) is 1.46. The van der Waals surface area contributed by atoms with Gasteiger partial charge in [-0.25, -0.2) is 22.0 Å². The van der Waals surface area contributed by atoms with Crippen molar-refractivity contribution in [3.05, 3.63) is 40.4 Å². The van der Waals surface area contributed by atoms with Crippen LogP contribution in [0.25, 0.3) is 0 Å². The second-order valence-corrected chi connectivity index (χ2v) is 8.94. The van der Waals surface area contributed by atoms with Gasteiger partial charge in [0.05, 0.1) is 11.5 Å². The lowest BCUT2D eigenvalue weighted by Crippen LogP contribution is -2.62. The molecule has 15 heteroatoms. The van der Waals surface area contributed by atoms with Gasteiger partial charge in [0.25, 0.3) is 5.92 Å². The van der Waals surface area contributed by atoms with E-state index in [1.165, 1.54) is 6.92 Å². The van der Waals surface area contributed by atoms with E-state index in [1.54, 1.807) is 0 Å². The van der Waals surface area contributed by atoms with Crippen LogP contribution in [-0.2, 0) is 19.9 Å². The van der Waals surface area contributed by atoms with Crippen LogP contribution in [0, 0.1) is 23.4 Å². The lowest BCUT2D eigenvalue weighted by atomic mass is 9.71. The molecule has 2 atom stereocenters. The summed E-state index contributed by atoms with van der Waals surface area (Å²) in [4.78, 5) is 39.2. The first-order chi connectivity index (χ1) is 16.3. The number of nitrogens with zero attached hydrogens (tertiary/aromatic N) is 3. The molecule has 1 saturated carbocycles. The fourth-order valence-electron chi connectivity index (χ4n) is 4.51. The lowest BCUT2D eigenvalue weighted by Gasteiger charge is -2.46. The van der Waals surface area contributed by atoms with Gasteiger partial charge in [-0.1, -0.05) is 11.6 Å². The Balaban J connectivity index is 1.43. The van der Waals surface area contributed by atoms with Gasteiger partial charge in [0.15, 0.2) is 22.6 Å². The Morgan fingerprint density at radius 3 is 2.31 bits per heavy atom. The quantitative estimate of drug-likeness (QED) is 0.325. The Morgan fingerprint density at radius 1 is 1.14 bits per heavy atom. The zero-order valence-corrected chi connectivity index (χ0v) is 18.7. The van der Waals surface area contributed by atoms with Gasteiger partial charge in [-0.2, -0.15) is 10.3 Å². The normalized spacial score (nSPS) is 22.4. The highest BCUT2D eigenvalue weighted by Gasteiger charge is 2.61. The highest BCUT2D eigenvalue weighted by molar-refractivity contribution is 6.35. The number of likely N-dealkylation sites (tertiary alicyclic amines) is 1. The maximum Gasteiger partial charge on any atom is 0.312 e. The highest BCUT2D eigenvalue weighted by Crippen LogP contribution is 2.52. The van der Waals surface area contributed by atoms with Crippen molar-refractivity contribution in [2.75, 3.05) is 11.9 Å². The number of anilines is 1. The van der Waals surface area contributed by atoms with Crippen LogP contribution in [0.1, 0.15) is 31.9 Å². The van der Waals surface area contributed by atoms with Crippen molar-refractivity contribution in [3.63, 3.8) is 0 Å². The molecule has 9 nitrogen and oxygen atoms in total. The lowest BCUT2D eigenvalue weighted by molar-refractivity contribution is -0.160. The number of aromatic nitrogens is 3. The number of halogens is 6. The van der Waals surface area contributed by atoms with Gasteiger partial charge in [0.2, 0.25) is 5.91 Å². The zero-order chi connectivity index (χ0) is 25.7. The molecule has 0 radical (unpaired) electrons. The Morgan fingerprint density at radius 2 is 1.77 bits per heavy atom. The number of H-pyrrole nitrogens is 1. The minimum absolute atomic E-state index is 0.0223.